The number of aryl methyl sites for hydroxylation is 1. The van der Waals surface area contributed by atoms with Crippen LogP contribution in [-0.2, 0) is 0 Å². The van der Waals surface area contributed by atoms with E-state index in [1.54, 1.807) is 12.1 Å². The molecule has 0 saturated carbocycles. The van der Waals surface area contributed by atoms with Gasteiger partial charge in [0.2, 0.25) is 0 Å². The summed E-state index contributed by atoms with van der Waals surface area (Å²) in [5.41, 5.74) is 1.06. The molecule has 0 heterocycles. The number of hydrogen-bond donors (Lipinski definition) is 1. The summed E-state index contributed by atoms with van der Waals surface area (Å²) in [7, 11) is 0. The summed E-state index contributed by atoms with van der Waals surface area (Å²) in [5.74, 6) is -0.155. The Bertz CT molecular complexity index is 639. The molecule has 0 aliphatic carbocycles. The second-order valence-electron chi connectivity index (χ2n) is 3.98. The van der Waals surface area contributed by atoms with Crippen molar-refractivity contribution in [3.63, 3.8) is 0 Å². The highest BCUT2D eigenvalue weighted by Crippen LogP contribution is 2.32. The van der Waals surface area contributed by atoms with E-state index in [1.807, 2.05) is 13.0 Å². The predicted molar refractivity (Wildman–Crippen MR) is 74.7 cm³/mol. The van der Waals surface area contributed by atoms with E-state index in [1.165, 1.54) is 18.2 Å². The van der Waals surface area contributed by atoms with E-state index >= 15 is 0 Å². The smallest absolute Gasteiger partial charge is 0.337 e. The lowest BCUT2D eigenvalue weighted by Gasteiger charge is -2.09. The normalized spacial score (nSPS) is 10.3. The third-order valence-electron chi connectivity index (χ3n) is 2.49. The molecule has 0 aromatic heterocycles. The number of halogens is 2. The Balaban J connectivity index is 2.29. The molecule has 3 nitrogen and oxygen atoms in total. The summed E-state index contributed by atoms with van der Waals surface area (Å²) in [5, 5.41) is 9.48. The summed E-state index contributed by atoms with van der Waals surface area (Å²) in [6.45, 7) is 1.92. The van der Waals surface area contributed by atoms with E-state index in [0.717, 1.165) is 5.56 Å². The molecule has 0 amide bonds. The van der Waals surface area contributed by atoms with Gasteiger partial charge < -0.3 is 9.84 Å². The largest absolute Gasteiger partial charge is 0.478 e. The zero-order chi connectivity index (χ0) is 14.0. The highest BCUT2D eigenvalue weighted by Gasteiger charge is 2.10. The summed E-state index contributed by atoms with van der Waals surface area (Å²) in [6.07, 6.45) is 0. The molecule has 2 aromatic carbocycles. The van der Waals surface area contributed by atoms with Crippen molar-refractivity contribution < 1.29 is 14.6 Å². The number of carbonyl (C=O) groups is 1. The number of hydrogen-bond acceptors (Lipinski definition) is 2. The Kier molecular flexibility index (Phi) is 3.98. The van der Waals surface area contributed by atoms with Crippen LogP contribution in [0.5, 0.6) is 11.5 Å². The molecule has 0 aliphatic rings. The Labute approximate surface area is 120 Å². The molecule has 0 aliphatic heterocycles. The first kappa shape index (κ1) is 13.7. The molecule has 2 rings (SSSR count). The van der Waals surface area contributed by atoms with Crippen LogP contribution in [0.25, 0.3) is 0 Å². The number of carboxylic acids is 1. The van der Waals surface area contributed by atoms with Crippen molar-refractivity contribution in [3.05, 3.63) is 57.6 Å². The first-order valence-electron chi connectivity index (χ1n) is 5.44. The van der Waals surface area contributed by atoms with Crippen LogP contribution in [0.15, 0.2) is 36.4 Å². The number of carboxylic acid groups (broad SMARTS) is 1. The summed E-state index contributed by atoms with van der Waals surface area (Å²) in [4.78, 5) is 10.8. The van der Waals surface area contributed by atoms with Crippen molar-refractivity contribution >= 4 is 29.2 Å². The fourth-order valence-corrected chi connectivity index (χ4v) is 2.07. The van der Waals surface area contributed by atoms with E-state index in [-0.39, 0.29) is 10.6 Å². The van der Waals surface area contributed by atoms with Gasteiger partial charge in [0.25, 0.3) is 0 Å². The van der Waals surface area contributed by atoms with Crippen molar-refractivity contribution in [2.75, 3.05) is 0 Å². The molecule has 19 heavy (non-hydrogen) atoms. The second-order valence-corrected chi connectivity index (χ2v) is 4.80. The number of ether oxygens (including phenoxy) is 1. The van der Waals surface area contributed by atoms with Gasteiger partial charge in [-0.3, -0.25) is 0 Å². The predicted octanol–water partition coefficient (Wildman–Crippen LogP) is 4.79. The van der Waals surface area contributed by atoms with Crippen molar-refractivity contribution in [3.8, 4) is 11.5 Å². The molecule has 0 bridgehead atoms. The minimum absolute atomic E-state index is 0.0315. The van der Waals surface area contributed by atoms with Gasteiger partial charge in [0, 0.05) is 6.07 Å². The van der Waals surface area contributed by atoms with Crippen LogP contribution in [0.2, 0.25) is 10.0 Å². The van der Waals surface area contributed by atoms with E-state index in [9.17, 15) is 4.79 Å². The molecule has 0 spiro atoms. The van der Waals surface area contributed by atoms with Crippen LogP contribution in [-0.4, -0.2) is 11.1 Å². The van der Waals surface area contributed by atoms with Crippen LogP contribution < -0.4 is 4.74 Å². The number of benzene rings is 2. The highest BCUT2D eigenvalue weighted by molar-refractivity contribution is 6.33. The fourth-order valence-electron chi connectivity index (χ4n) is 1.55. The molecule has 5 heteroatoms. The molecule has 0 unspecified atom stereocenters. The first-order chi connectivity index (χ1) is 8.97. The lowest BCUT2D eigenvalue weighted by atomic mass is 10.2. The fraction of sp³-hybridized carbons (Fsp3) is 0.0714. The van der Waals surface area contributed by atoms with Crippen molar-refractivity contribution in [1.29, 1.82) is 0 Å². The average molecular weight is 297 g/mol. The van der Waals surface area contributed by atoms with Gasteiger partial charge in [-0.25, -0.2) is 4.79 Å². The molecule has 98 valence electrons. The summed E-state index contributed by atoms with van der Waals surface area (Å²) >= 11 is 11.9. The van der Waals surface area contributed by atoms with Crippen LogP contribution in [0, 0.1) is 6.92 Å². The standard InChI is InChI=1S/C14H10Cl2O3/c1-8-2-5-13(12(16)6-8)19-9-3-4-10(14(17)18)11(15)7-9/h2-7H,1H3,(H,17,18). The highest BCUT2D eigenvalue weighted by atomic mass is 35.5. The third-order valence-corrected chi connectivity index (χ3v) is 3.09. The van der Waals surface area contributed by atoms with Crippen LogP contribution in [0.1, 0.15) is 15.9 Å². The van der Waals surface area contributed by atoms with E-state index in [0.29, 0.717) is 16.5 Å². The van der Waals surface area contributed by atoms with Gasteiger partial charge >= 0.3 is 5.97 Å². The molecule has 0 fully saturated rings. The summed E-state index contributed by atoms with van der Waals surface area (Å²) < 4.78 is 5.57. The minimum atomic E-state index is -1.08. The quantitative estimate of drug-likeness (QED) is 0.885. The Morgan fingerprint density at radius 1 is 1.11 bits per heavy atom. The molecule has 0 saturated heterocycles. The van der Waals surface area contributed by atoms with Gasteiger partial charge in [-0.1, -0.05) is 29.3 Å². The Morgan fingerprint density at radius 3 is 2.42 bits per heavy atom. The van der Waals surface area contributed by atoms with Gasteiger partial charge in [0.15, 0.2) is 0 Å². The molecule has 0 radical (unpaired) electrons. The molecule has 2 aromatic rings. The van der Waals surface area contributed by atoms with E-state index < -0.39 is 5.97 Å². The zero-order valence-corrected chi connectivity index (χ0v) is 11.5. The number of aromatic carboxylic acids is 1. The minimum Gasteiger partial charge on any atom is -0.478 e. The van der Waals surface area contributed by atoms with Crippen LogP contribution in [0.4, 0.5) is 0 Å². The van der Waals surface area contributed by atoms with Crippen LogP contribution in [0.3, 0.4) is 0 Å². The monoisotopic (exact) mass is 296 g/mol. The van der Waals surface area contributed by atoms with Gasteiger partial charge in [0.1, 0.15) is 11.5 Å². The summed E-state index contributed by atoms with van der Waals surface area (Å²) in [6, 6.07) is 9.77. The van der Waals surface area contributed by atoms with Gasteiger partial charge in [-0.15, -0.1) is 0 Å². The topological polar surface area (TPSA) is 46.5 Å². The Morgan fingerprint density at radius 2 is 1.84 bits per heavy atom. The molecule has 0 atom stereocenters. The second kappa shape index (κ2) is 5.51. The zero-order valence-electron chi connectivity index (χ0n) is 9.98. The van der Waals surface area contributed by atoms with Crippen molar-refractivity contribution in [1.82, 2.24) is 0 Å². The average Bonchev–Trinajstić information content (AvgIpc) is 2.32. The van der Waals surface area contributed by atoms with Crippen molar-refractivity contribution in [2.24, 2.45) is 0 Å². The van der Waals surface area contributed by atoms with E-state index in [2.05, 4.69) is 0 Å². The maximum atomic E-state index is 10.8. The maximum absolute atomic E-state index is 10.8. The molecule has 1 N–H and O–H groups in total. The van der Waals surface area contributed by atoms with Crippen molar-refractivity contribution in [2.45, 2.75) is 6.92 Å². The molecular weight excluding hydrogens is 287 g/mol. The maximum Gasteiger partial charge on any atom is 0.337 e. The van der Waals surface area contributed by atoms with Gasteiger partial charge in [-0.2, -0.15) is 0 Å². The van der Waals surface area contributed by atoms with Gasteiger partial charge in [-0.05, 0) is 36.8 Å². The molecular formula is C14H10Cl2O3. The lowest BCUT2D eigenvalue weighted by molar-refractivity contribution is 0.0697. The first-order valence-corrected chi connectivity index (χ1v) is 6.20. The van der Waals surface area contributed by atoms with Gasteiger partial charge in [0.05, 0.1) is 15.6 Å². The van der Waals surface area contributed by atoms with Crippen LogP contribution >= 0.6 is 23.2 Å². The third kappa shape index (κ3) is 3.19. The SMILES string of the molecule is Cc1ccc(Oc2ccc(C(=O)O)c(Cl)c2)c(Cl)c1. The van der Waals surface area contributed by atoms with E-state index in [4.69, 9.17) is 33.0 Å². The number of rotatable bonds is 3. The Hall–Kier alpha value is -1.71. The lowest BCUT2D eigenvalue weighted by Crippen LogP contribution is -1.97.